The minimum atomic E-state index is -0.702. The first-order valence-electron chi connectivity index (χ1n) is 15.7. The molecule has 0 fully saturated rings. The molecular formula is C38H54O6. The van der Waals surface area contributed by atoms with Gasteiger partial charge in [-0.15, -0.1) is 0 Å². The monoisotopic (exact) mass is 606 g/mol. The van der Waals surface area contributed by atoms with E-state index >= 15 is 0 Å². The van der Waals surface area contributed by atoms with Crippen molar-refractivity contribution in [2.24, 2.45) is 10.8 Å². The number of carbonyl (C=O) groups excluding carboxylic acids is 3. The summed E-state index contributed by atoms with van der Waals surface area (Å²) in [7, 11) is 0. The number of hydrogen-bond donors (Lipinski definition) is 0. The van der Waals surface area contributed by atoms with Crippen molar-refractivity contribution in [3.8, 4) is 17.2 Å². The van der Waals surface area contributed by atoms with Crippen molar-refractivity contribution >= 4 is 23.8 Å². The predicted molar refractivity (Wildman–Crippen MR) is 179 cm³/mol. The summed E-state index contributed by atoms with van der Waals surface area (Å²) in [4.78, 5) is 38.9. The maximum absolute atomic E-state index is 13.3. The summed E-state index contributed by atoms with van der Waals surface area (Å²) < 4.78 is 18.2. The molecule has 0 radical (unpaired) electrons. The largest absolute Gasteiger partial charge is 0.490 e. The number of esters is 2. The second kappa shape index (κ2) is 13.7. The zero-order valence-electron chi connectivity index (χ0n) is 29.5. The van der Waals surface area contributed by atoms with E-state index in [0.717, 1.165) is 29.5 Å². The molecule has 0 aromatic heterocycles. The number of allylic oxidation sites excluding steroid dienone is 1. The molecule has 6 nitrogen and oxygen atoms in total. The van der Waals surface area contributed by atoms with Crippen LogP contribution in [0.5, 0.6) is 17.2 Å². The molecule has 0 heterocycles. The van der Waals surface area contributed by atoms with Crippen molar-refractivity contribution in [1.82, 2.24) is 0 Å². The Hall–Kier alpha value is -3.41. The highest BCUT2D eigenvalue weighted by Gasteiger charge is 2.37. The molecule has 0 aliphatic heterocycles. The SMILES string of the molecule is CCC(C)(C)c1cc(/C=C/C(=O)c2ccc(OC(=O)C(C)(C)C)cc2)c(OC(C)C)c(C(C)(C)CC)c1OC(=O)C(C)(C)C. The normalized spacial score (nSPS) is 12.9. The van der Waals surface area contributed by atoms with Crippen molar-refractivity contribution < 1.29 is 28.6 Å². The smallest absolute Gasteiger partial charge is 0.316 e. The fourth-order valence-corrected chi connectivity index (χ4v) is 4.20. The Kier molecular flexibility index (Phi) is 11.5. The van der Waals surface area contributed by atoms with Gasteiger partial charge < -0.3 is 14.2 Å². The van der Waals surface area contributed by atoms with Crippen molar-refractivity contribution in [1.29, 1.82) is 0 Å². The summed E-state index contributed by atoms with van der Waals surface area (Å²) in [5.74, 6) is 0.670. The third-order valence-electron chi connectivity index (χ3n) is 7.97. The van der Waals surface area contributed by atoms with Gasteiger partial charge in [-0.2, -0.15) is 0 Å². The van der Waals surface area contributed by atoms with E-state index in [2.05, 4.69) is 41.5 Å². The molecule has 242 valence electrons. The van der Waals surface area contributed by atoms with Gasteiger partial charge in [0, 0.05) is 22.3 Å². The van der Waals surface area contributed by atoms with Crippen molar-refractivity contribution in [2.45, 2.75) is 127 Å². The first-order chi connectivity index (χ1) is 20.0. The minimum Gasteiger partial charge on any atom is -0.490 e. The summed E-state index contributed by atoms with van der Waals surface area (Å²) in [5, 5.41) is 0. The number of rotatable bonds is 11. The maximum Gasteiger partial charge on any atom is 0.316 e. The van der Waals surface area contributed by atoms with Crippen molar-refractivity contribution in [3.05, 3.63) is 58.7 Å². The van der Waals surface area contributed by atoms with Crippen LogP contribution in [-0.2, 0) is 20.4 Å². The van der Waals surface area contributed by atoms with E-state index in [1.165, 1.54) is 6.08 Å². The number of ether oxygens (including phenoxy) is 3. The topological polar surface area (TPSA) is 78.9 Å². The van der Waals surface area contributed by atoms with E-state index in [0.29, 0.717) is 22.8 Å². The van der Waals surface area contributed by atoms with Crippen molar-refractivity contribution in [3.63, 3.8) is 0 Å². The molecule has 0 saturated carbocycles. The highest BCUT2D eigenvalue weighted by molar-refractivity contribution is 6.07. The third kappa shape index (κ3) is 9.06. The van der Waals surface area contributed by atoms with E-state index < -0.39 is 16.2 Å². The average Bonchev–Trinajstić information content (AvgIpc) is 2.91. The van der Waals surface area contributed by atoms with Gasteiger partial charge in [-0.3, -0.25) is 14.4 Å². The molecule has 2 aromatic rings. The zero-order chi connectivity index (χ0) is 33.8. The van der Waals surface area contributed by atoms with Gasteiger partial charge >= 0.3 is 11.9 Å². The first-order valence-corrected chi connectivity index (χ1v) is 15.7. The molecule has 0 amide bonds. The molecule has 0 aliphatic rings. The highest BCUT2D eigenvalue weighted by atomic mass is 16.5. The van der Waals surface area contributed by atoms with Crippen LogP contribution in [0, 0.1) is 10.8 Å². The highest BCUT2D eigenvalue weighted by Crippen LogP contribution is 2.50. The fourth-order valence-electron chi connectivity index (χ4n) is 4.20. The lowest BCUT2D eigenvalue weighted by Gasteiger charge is -2.35. The number of carbonyl (C=O) groups is 3. The van der Waals surface area contributed by atoms with Crippen LogP contribution >= 0.6 is 0 Å². The lowest BCUT2D eigenvalue weighted by molar-refractivity contribution is -0.143. The van der Waals surface area contributed by atoms with Gasteiger partial charge in [0.2, 0.25) is 0 Å². The molecule has 2 aromatic carbocycles. The Labute approximate surface area is 265 Å². The molecule has 0 saturated heterocycles. The molecule has 2 rings (SSSR count). The van der Waals surface area contributed by atoms with Crippen LogP contribution in [0.15, 0.2) is 36.4 Å². The van der Waals surface area contributed by atoms with Gasteiger partial charge in [-0.25, -0.2) is 0 Å². The van der Waals surface area contributed by atoms with Crippen LogP contribution in [0.1, 0.15) is 137 Å². The van der Waals surface area contributed by atoms with Gasteiger partial charge in [-0.1, -0.05) is 41.5 Å². The van der Waals surface area contributed by atoms with Gasteiger partial charge in [0.25, 0.3) is 0 Å². The summed E-state index contributed by atoms with van der Waals surface area (Å²) >= 11 is 0. The fraction of sp³-hybridized carbons (Fsp3) is 0.553. The van der Waals surface area contributed by atoms with Gasteiger partial charge in [0.1, 0.15) is 17.2 Å². The molecule has 0 N–H and O–H groups in total. The Balaban J connectivity index is 2.76. The number of hydrogen-bond acceptors (Lipinski definition) is 6. The van der Waals surface area contributed by atoms with Gasteiger partial charge in [0.15, 0.2) is 5.78 Å². The quantitative estimate of drug-likeness (QED) is 0.110. The molecule has 0 aliphatic carbocycles. The van der Waals surface area contributed by atoms with E-state index in [1.54, 1.807) is 51.1 Å². The van der Waals surface area contributed by atoms with E-state index in [4.69, 9.17) is 14.2 Å². The number of ketones is 1. The molecule has 0 unspecified atom stereocenters. The van der Waals surface area contributed by atoms with Crippen LogP contribution in [0.4, 0.5) is 0 Å². The zero-order valence-corrected chi connectivity index (χ0v) is 29.5. The van der Waals surface area contributed by atoms with Crippen LogP contribution in [0.2, 0.25) is 0 Å². The summed E-state index contributed by atoms with van der Waals surface area (Å²) in [6.07, 6.45) is 4.73. The van der Waals surface area contributed by atoms with Crippen molar-refractivity contribution in [2.75, 3.05) is 0 Å². The summed E-state index contributed by atoms with van der Waals surface area (Å²) in [6.45, 7) is 27.6. The third-order valence-corrected chi connectivity index (χ3v) is 7.97. The lowest BCUT2D eigenvalue weighted by Crippen LogP contribution is -2.30. The standard InChI is InChI=1S/C38H54O6/c1-15-37(11,12)28-23-26(19-22-29(39)25-17-20-27(21-18-25)43-33(40)35(5,6)7)31(42-24(3)4)30(38(13,14)16-2)32(28)44-34(41)36(8,9)10/h17-24H,15-16H2,1-14H3/b22-19+. The molecule has 0 atom stereocenters. The maximum atomic E-state index is 13.3. The molecule has 0 bridgehead atoms. The van der Waals surface area contributed by atoms with Crippen LogP contribution < -0.4 is 14.2 Å². The van der Waals surface area contributed by atoms with Crippen LogP contribution in [0.3, 0.4) is 0 Å². The Morgan fingerprint density at radius 2 is 1.23 bits per heavy atom. The minimum absolute atomic E-state index is 0.163. The van der Waals surface area contributed by atoms with E-state index in [9.17, 15) is 14.4 Å². The average molecular weight is 607 g/mol. The lowest BCUT2D eigenvalue weighted by atomic mass is 9.74. The molecule has 0 spiro atoms. The Morgan fingerprint density at radius 3 is 1.68 bits per heavy atom. The second-order valence-corrected chi connectivity index (χ2v) is 15.2. The molecule has 6 heteroatoms. The summed E-state index contributed by atoms with van der Waals surface area (Å²) in [6, 6.07) is 8.55. The summed E-state index contributed by atoms with van der Waals surface area (Å²) in [5.41, 5.74) is 0.828. The molecular weight excluding hydrogens is 552 g/mol. The van der Waals surface area contributed by atoms with Crippen LogP contribution in [-0.4, -0.2) is 23.8 Å². The number of benzene rings is 2. The van der Waals surface area contributed by atoms with Crippen LogP contribution in [0.25, 0.3) is 6.08 Å². The van der Waals surface area contributed by atoms with E-state index in [1.807, 2.05) is 40.7 Å². The predicted octanol–water partition coefficient (Wildman–Crippen LogP) is 9.65. The van der Waals surface area contributed by atoms with Gasteiger partial charge in [-0.05, 0) is 122 Å². The second-order valence-electron chi connectivity index (χ2n) is 15.2. The van der Waals surface area contributed by atoms with E-state index in [-0.39, 0.29) is 29.2 Å². The Morgan fingerprint density at radius 1 is 0.727 bits per heavy atom. The van der Waals surface area contributed by atoms with Gasteiger partial charge in [0.05, 0.1) is 16.9 Å². The Bertz CT molecular complexity index is 1380. The first kappa shape index (κ1) is 36.8. The molecule has 44 heavy (non-hydrogen) atoms.